The average molecular weight is 368 g/mol. The van der Waals surface area contributed by atoms with E-state index in [1.165, 1.54) is 19.1 Å². The first-order chi connectivity index (χ1) is 12.5. The summed E-state index contributed by atoms with van der Waals surface area (Å²) in [5.74, 6) is 0.632. The molecule has 0 aliphatic heterocycles. The molecular weight excluding hydrogens is 352 g/mol. The van der Waals surface area contributed by atoms with Crippen molar-refractivity contribution in [1.29, 1.82) is 0 Å². The van der Waals surface area contributed by atoms with Crippen LogP contribution in [-0.4, -0.2) is 39.6 Å². The van der Waals surface area contributed by atoms with Gasteiger partial charge in [0, 0.05) is 23.2 Å². The van der Waals surface area contributed by atoms with Crippen molar-refractivity contribution in [2.24, 2.45) is 0 Å². The van der Waals surface area contributed by atoms with Crippen molar-refractivity contribution in [1.82, 2.24) is 25.0 Å². The minimum atomic E-state index is -3.29. The minimum absolute atomic E-state index is 0.265. The van der Waals surface area contributed by atoms with Gasteiger partial charge in [-0.1, -0.05) is 0 Å². The first-order valence-electron chi connectivity index (χ1n) is 8.27. The van der Waals surface area contributed by atoms with Crippen LogP contribution < -0.4 is 5.32 Å². The maximum Gasteiger partial charge on any atom is 0.175 e. The van der Waals surface area contributed by atoms with Gasteiger partial charge in [0.25, 0.3) is 0 Å². The van der Waals surface area contributed by atoms with E-state index < -0.39 is 9.84 Å². The fourth-order valence-corrected chi connectivity index (χ4v) is 3.72. The predicted molar refractivity (Wildman–Crippen MR) is 98.3 cm³/mol. The van der Waals surface area contributed by atoms with Crippen molar-refractivity contribution in [3.63, 3.8) is 0 Å². The molecule has 0 atom stereocenters. The van der Waals surface area contributed by atoms with Crippen LogP contribution in [-0.2, 0) is 9.84 Å². The largest absolute Gasteiger partial charge is 0.336 e. The Balaban J connectivity index is 1.63. The molecule has 1 aliphatic rings. The second kappa shape index (κ2) is 5.28. The Morgan fingerprint density at radius 1 is 1.23 bits per heavy atom. The molecule has 4 aromatic rings. The lowest BCUT2D eigenvalue weighted by atomic mass is 10.1. The number of rotatable bonds is 4. The number of pyridine rings is 1. The molecule has 0 unspecified atom stereocenters. The standard InChI is InChI=1S/C17H16N6O2S/c1-26(24,25)12-4-5-15-13(6-12)14-8-18-22-16(14)17(21-15)20-10-7-19-23(9-10)11-2-3-11/h4-9,11H,2-3H2,1H3,(H,18,22)(H,20,21). The van der Waals surface area contributed by atoms with Crippen molar-refractivity contribution >= 4 is 43.1 Å². The second-order valence-corrected chi connectivity index (χ2v) is 8.65. The molecular formula is C17H16N6O2S. The summed E-state index contributed by atoms with van der Waals surface area (Å²) in [7, 11) is -3.29. The van der Waals surface area contributed by atoms with E-state index in [2.05, 4.69) is 25.6 Å². The summed E-state index contributed by atoms with van der Waals surface area (Å²) in [4.78, 5) is 4.91. The molecule has 0 saturated heterocycles. The van der Waals surface area contributed by atoms with Crippen LogP contribution in [0.25, 0.3) is 21.8 Å². The predicted octanol–water partition coefficient (Wildman–Crippen LogP) is 2.79. The van der Waals surface area contributed by atoms with Gasteiger partial charge in [0.05, 0.1) is 34.5 Å². The number of aromatic nitrogens is 5. The van der Waals surface area contributed by atoms with Crippen molar-refractivity contribution in [2.75, 3.05) is 11.6 Å². The van der Waals surface area contributed by atoms with E-state index in [-0.39, 0.29) is 4.90 Å². The van der Waals surface area contributed by atoms with Gasteiger partial charge in [-0.15, -0.1) is 0 Å². The Morgan fingerprint density at radius 2 is 2.08 bits per heavy atom. The van der Waals surface area contributed by atoms with Gasteiger partial charge in [-0.05, 0) is 31.0 Å². The van der Waals surface area contributed by atoms with Crippen LogP contribution in [0.1, 0.15) is 18.9 Å². The molecule has 1 aromatic carbocycles. The van der Waals surface area contributed by atoms with Gasteiger partial charge in [-0.25, -0.2) is 13.4 Å². The Labute approximate surface area is 149 Å². The van der Waals surface area contributed by atoms with E-state index >= 15 is 0 Å². The van der Waals surface area contributed by atoms with Crippen molar-refractivity contribution in [3.8, 4) is 0 Å². The molecule has 132 valence electrons. The summed E-state index contributed by atoms with van der Waals surface area (Å²) in [5.41, 5.74) is 2.28. The Morgan fingerprint density at radius 3 is 2.85 bits per heavy atom. The van der Waals surface area contributed by atoms with Crippen LogP contribution in [0.4, 0.5) is 11.5 Å². The normalized spacial score (nSPS) is 15.0. The van der Waals surface area contributed by atoms with Crippen LogP contribution in [0.3, 0.4) is 0 Å². The van der Waals surface area contributed by atoms with Gasteiger partial charge in [0.15, 0.2) is 15.7 Å². The summed E-state index contributed by atoms with van der Waals surface area (Å²) >= 11 is 0. The lowest BCUT2D eigenvalue weighted by Crippen LogP contribution is -1.99. The number of sulfone groups is 1. The van der Waals surface area contributed by atoms with Crippen molar-refractivity contribution < 1.29 is 8.42 Å². The number of benzene rings is 1. The summed E-state index contributed by atoms with van der Waals surface area (Å²) in [6.45, 7) is 0. The fraction of sp³-hybridized carbons (Fsp3) is 0.235. The van der Waals surface area contributed by atoms with E-state index in [9.17, 15) is 8.42 Å². The number of nitrogens with zero attached hydrogens (tertiary/aromatic N) is 4. The van der Waals surface area contributed by atoms with E-state index in [0.717, 1.165) is 22.0 Å². The highest BCUT2D eigenvalue weighted by atomic mass is 32.2. The number of anilines is 2. The number of fused-ring (bicyclic) bond motifs is 3. The summed E-state index contributed by atoms with van der Waals surface area (Å²) < 4.78 is 25.7. The third kappa shape index (κ3) is 2.51. The molecule has 0 amide bonds. The van der Waals surface area contributed by atoms with Gasteiger partial charge in [-0.2, -0.15) is 10.2 Å². The van der Waals surface area contributed by atoms with Crippen molar-refractivity contribution in [2.45, 2.75) is 23.8 Å². The molecule has 2 N–H and O–H groups in total. The molecule has 1 aliphatic carbocycles. The van der Waals surface area contributed by atoms with Crippen LogP contribution in [0.5, 0.6) is 0 Å². The Kier molecular flexibility index (Phi) is 3.11. The molecule has 9 heteroatoms. The van der Waals surface area contributed by atoms with E-state index in [1.54, 1.807) is 30.6 Å². The van der Waals surface area contributed by atoms with Gasteiger partial charge in [0.1, 0.15) is 5.52 Å². The van der Waals surface area contributed by atoms with Crippen LogP contribution in [0.15, 0.2) is 41.7 Å². The number of H-pyrrole nitrogens is 1. The highest BCUT2D eigenvalue weighted by molar-refractivity contribution is 7.90. The number of hydrogen-bond acceptors (Lipinski definition) is 6. The highest BCUT2D eigenvalue weighted by Gasteiger charge is 2.24. The summed E-state index contributed by atoms with van der Waals surface area (Å²) in [6.07, 6.45) is 8.97. The molecule has 5 rings (SSSR count). The third-order valence-electron chi connectivity index (χ3n) is 4.58. The van der Waals surface area contributed by atoms with Crippen LogP contribution in [0.2, 0.25) is 0 Å². The zero-order chi connectivity index (χ0) is 17.9. The summed E-state index contributed by atoms with van der Waals surface area (Å²) in [6, 6.07) is 5.45. The zero-order valence-electron chi connectivity index (χ0n) is 14.0. The number of nitrogens with one attached hydrogen (secondary N) is 2. The topological polar surface area (TPSA) is 106 Å². The molecule has 26 heavy (non-hydrogen) atoms. The lowest BCUT2D eigenvalue weighted by molar-refractivity contribution is 0.602. The molecule has 8 nitrogen and oxygen atoms in total. The van der Waals surface area contributed by atoms with Crippen LogP contribution in [0, 0.1) is 0 Å². The lowest BCUT2D eigenvalue weighted by Gasteiger charge is -2.08. The highest BCUT2D eigenvalue weighted by Crippen LogP contribution is 2.35. The maximum atomic E-state index is 11.9. The minimum Gasteiger partial charge on any atom is -0.336 e. The van der Waals surface area contributed by atoms with Gasteiger partial charge < -0.3 is 5.32 Å². The molecule has 0 spiro atoms. The first kappa shape index (κ1) is 15.3. The molecule has 1 saturated carbocycles. The van der Waals surface area contributed by atoms with Gasteiger partial charge in [-0.3, -0.25) is 9.78 Å². The zero-order valence-corrected chi connectivity index (χ0v) is 14.8. The first-order valence-corrected chi connectivity index (χ1v) is 10.2. The quantitative estimate of drug-likeness (QED) is 0.574. The average Bonchev–Trinajstić information content (AvgIpc) is 3.14. The van der Waals surface area contributed by atoms with E-state index in [1.807, 2.05) is 10.9 Å². The third-order valence-corrected chi connectivity index (χ3v) is 5.69. The Hall–Kier alpha value is -2.94. The molecule has 1 fully saturated rings. The van der Waals surface area contributed by atoms with E-state index in [0.29, 0.717) is 17.4 Å². The van der Waals surface area contributed by atoms with Gasteiger partial charge in [0.2, 0.25) is 0 Å². The molecule has 3 heterocycles. The number of hydrogen-bond donors (Lipinski definition) is 2. The molecule has 0 bridgehead atoms. The van der Waals surface area contributed by atoms with Crippen molar-refractivity contribution in [3.05, 3.63) is 36.8 Å². The summed E-state index contributed by atoms with van der Waals surface area (Å²) in [5, 5.41) is 16.3. The smallest absolute Gasteiger partial charge is 0.175 e. The molecule has 3 aromatic heterocycles. The number of aromatic amines is 1. The van der Waals surface area contributed by atoms with Gasteiger partial charge >= 0.3 is 0 Å². The maximum absolute atomic E-state index is 11.9. The Bertz CT molecular complexity index is 1250. The SMILES string of the molecule is CS(=O)(=O)c1ccc2nc(Nc3cnn(C4CC4)c3)c3[nH]ncc3c2c1. The van der Waals surface area contributed by atoms with E-state index in [4.69, 9.17) is 0 Å². The van der Waals surface area contributed by atoms with Crippen LogP contribution >= 0.6 is 0 Å². The molecule has 0 radical (unpaired) electrons. The second-order valence-electron chi connectivity index (χ2n) is 6.64. The monoisotopic (exact) mass is 368 g/mol. The fourth-order valence-electron chi connectivity index (χ4n) is 3.07.